The van der Waals surface area contributed by atoms with Crippen molar-refractivity contribution in [1.29, 1.82) is 0 Å². The molecule has 6 nitrogen and oxygen atoms in total. The van der Waals surface area contributed by atoms with Crippen molar-refractivity contribution in [2.45, 2.75) is 25.2 Å². The van der Waals surface area contributed by atoms with Crippen LogP contribution in [0.25, 0.3) is 10.9 Å². The van der Waals surface area contributed by atoms with Gasteiger partial charge in [-0.25, -0.2) is 4.39 Å². The Morgan fingerprint density at radius 2 is 1.74 bits per heavy atom. The number of carbonyl (C=O) groups is 1. The molecule has 7 heteroatoms. The topological polar surface area (TPSA) is 77.7 Å². The van der Waals surface area contributed by atoms with E-state index in [0.717, 1.165) is 35.0 Å². The molecule has 0 unspecified atom stereocenters. The maximum absolute atomic E-state index is 13.1. The lowest BCUT2D eigenvalue weighted by molar-refractivity contribution is -0.131. The molecule has 2 N–H and O–H groups in total. The van der Waals surface area contributed by atoms with Gasteiger partial charge in [0.25, 0.3) is 0 Å². The van der Waals surface area contributed by atoms with Crippen LogP contribution in [0.5, 0.6) is 11.5 Å². The van der Waals surface area contributed by atoms with Crippen LogP contribution in [0.15, 0.2) is 42.5 Å². The minimum absolute atomic E-state index is 0.0568. The number of fused-ring (bicyclic) bond motifs is 1. The molecule has 3 aromatic rings. The molecule has 2 heterocycles. The molecule has 0 radical (unpaired) electrons. The summed E-state index contributed by atoms with van der Waals surface area (Å²) in [6.07, 6.45) is 1.87. The Balaban J connectivity index is 1.47. The highest BCUT2D eigenvalue weighted by Gasteiger charge is 2.26. The van der Waals surface area contributed by atoms with Gasteiger partial charge in [0, 0.05) is 30.5 Å². The van der Waals surface area contributed by atoms with Crippen molar-refractivity contribution < 1.29 is 18.7 Å². The van der Waals surface area contributed by atoms with Crippen LogP contribution in [-0.4, -0.2) is 43.1 Å². The van der Waals surface area contributed by atoms with Gasteiger partial charge in [0.1, 0.15) is 5.82 Å². The number of nitrogen functional groups attached to an aromatic ring is 1. The summed E-state index contributed by atoms with van der Waals surface area (Å²) in [5.41, 5.74) is 9.48. The van der Waals surface area contributed by atoms with Crippen LogP contribution in [0.3, 0.4) is 0 Å². The fourth-order valence-electron chi connectivity index (χ4n) is 4.15. The Morgan fingerprint density at radius 3 is 2.39 bits per heavy atom. The second-order valence-corrected chi connectivity index (χ2v) is 7.82. The predicted molar refractivity (Wildman–Crippen MR) is 118 cm³/mol. The van der Waals surface area contributed by atoms with E-state index in [-0.39, 0.29) is 24.1 Å². The summed E-state index contributed by atoms with van der Waals surface area (Å²) < 4.78 is 23.8. The Morgan fingerprint density at radius 1 is 1.10 bits per heavy atom. The van der Waals surface area contributed by atoms with Gasteiger partial charge in [-0.1, -0.05) is 12.1 Å². The Hall–Kier alpha value is -3.35. The zero-order valence-electron chi connectivity index (χ0n) is 17.7. The number of aromatic nitrogens is 1. The number of nitrogens with zero attached hydrogens (tertiary/aromatic N) is 2. The van der Waals surface area contributed by atoms with E-state index in [1.807, 2.05) is 23.1 Å². The average Bonchev–Trinajstić information content (AvgIpc) is 2.79. The number of methoxy groups -OCH3 is 2. The van der Waals surface area contributed by atoms with E-state index in [4.69, 9.17) is 20.2 Å². The van der Waals surface area contributed by atoms with Gasteiger partial charge in [-0.2, -0.15) is 0 Å². The fourth-order valence-corrected chi connectivity index (χ4v) is 4.15. The molecule has 1 amide bonds. The highest BCUT2D eigenvalue weighted by molar-refractivity contribution is 5.86. The van der Waals surface area contributed by atoms with Crippen LogP contribution in [0, 0.1) is 5.82 Å². The van der Waals surface area contributed by atoms with Crippen LogP contribution in [0.4, 0.5) is 10.1 Å². The minimum Gasteiger partial charge on any atom is -0.493 e. The van der Waals surface area contributed by atoms with Gasteiger partial charge in [-0.15, -0.1) is 0 Å². The van der Waals surface area contributed by atoms with Crippen LogP contribution in [-0.2, 0) is 11.2 Å². The molecular weight excluding hydrogens is 397 g/mol. The molecule has 1 saturated heterocycles. The van der Waals surface area contributed by atoms with Crippen molar-refractivity contribution in [3.8, 4) is 11.5 Å². The molecule has 0 atom stereocenters. The molecule has 1 aliphatic heterocycles. The lowest BCUT2D eigenvalue weighted by atomic mass is 9.91. The summed E-state index contributed by atoms with van der Waals surface area (Å²) in [5.74, 6) is 1.21. The van der Waals surface area contributed by atoms with Crippen molar-refractivity contribution in [3.63, 3.8) is 0 Å². The van der Waals surface area contributed by atoms with Gasteiger partial charge in [-0.05, 0) is 42.7 Å². The number of amides is 1. The molecule has 0 aliphatic carbocycles. The Labute approximate surface area is 180 Å². The number of pyridine rings is 1. The van der Waals surface area contributed by atoms with E-state index in [2.05, 4.69) is 0 Å². The SMILES string of the molecule is COc1cc2cc(N)c(C3CCN(C(=O)Cc4ccc(F)cc4)CC3)nc2cc1OC. The molecule has 1 aliphatic rings. The summed E-state index contributed by atoms with van der Waals surface area (Å²) in [6, 6.07) is 11.7. The van der Waals surface area contributed by atoms with E-state index < -0.39 is 0 Å². The third-order valence-corrected chi connectivity index (χ3v) is 5.88. The van der Waals surface area contributed by atoms with Crippen LogP contribution >= 0.6 is 0 Å². The number of piperidine rings is 1. The fraction of sp³-hybridized carbons (Fsp3) is 0.333. The normalized spacial score (nSPS) is 14.6. The first-order chi connectivity index (χ1) is 15.0. The number of hydrogen-bond donors (Lipinski definition) is 1. The molecule has 162 valence electrons. The molecule has 2 aromatic carbocycles. The largest absolute Gasteiger partial charge is 0.493 e. The van der Waals surface area contributed by atoms with Gasteiger partial charge in [-0.3, -0.25) is 9.78 Å². The van der Waals surface area contributed by atoms with E-state index in [0.29, 0.717) is 30.3 Å². The number of nitrogens with two attached hydrogens (primary N) is 1. The van der Waals surface area contributed by atoms with Crippen molar-refractivity contribution in [2.24, 2.45) is 0 Å². The highest BCUT2D eigenvalue weighted by atomic mass is 19.1. The summed E-state index contributed by atoms with van der Waals surface area (Å²) in [7, 11) is 3.20. The standard InChI is InChI=1S/C24H26FN3O3/c1-30-21-13-17-12-19(26)24(27-20(17)14-22(21)31-2)16-7-9-28(10-8-16)23(29)11-15-3-5-18(25)6-4-15/h3-6,12-14,16H,7-11,26H2,1-2H3. The quantitative estimate of drug-likeness (QED) is 0.673. The summed E-state index contributed by atoms with van der Waals surface area (Å²) >= 11 is 0. The van der Waals surface area contributed by atoms with Crippen molar-refractivity contribution in [1.82, 2.24) is 9.88 Å². The monoisotopic (exact) mass is 423 g/mol. The zero-order valence-corrected chi connectivity index (χ0v) is 17.7. The van der Waals surface area contributed by atoms with Gasteiger partial charge in [0.15, 0.2) is 11.5 Å². The molecular formula is C24H26FN3O3. The van der Waals surface area contributed by atoms with E-state index in [1.54, 1.807) is 26.4 Å². The maximum atomic E-state index is 13.1. The summed E-state index contributed by atoms with van der Waals surface area (Å²) in [4.78, 5) is 19.3. The molecule has 1 fully saturated rings. The Kier molecular flexibility index (Phi) is 5.93. The first-order valence-electron chi connectivity index (χ1n) is 10.3. The second-order valence-electron chi connectivity index (χ2n) is 7.82. The second kappa shape index (κ2) is 8.79. The smallest absolute Gasteiger partial charge is 0.226 e. The first kappa shape index (κ1) is 20.9. The molecule has 1 aromatic heterocycles. The maximum Gasteiger partial charge on any atom is 0.226 e. The van der Waals surface area contributed by atoms with Crippen LogP contribution in [0.1, 0.15) is 30.0 Å². The van der Waals surface area contributed by atoms with E-state index >= 15 is 0 Å². The number of hydrogen-bond acceptors (Lipinski definition) is 5. The first-order valence-corrected chi connectivity index (χ1v) is 10.3. The third kappa shape index (κ3) is 4.40. The number of anilines is 1. The number of rotatable bonds is 5. The van der Waals surface area contributed by atoms with E-state index in [1.165, 1.54) is 12.1 Å². The zero-order chi connectivity index (χ0) is 22.0. The van der Waals surface area contributed by atoms with Crippen LogP contribution < -0.4 is 15.2 Å². The Bertz CT molecular complexity index is 1090. The highest BCUT2D eigenvalue weighted by Crippen LogP contribution is 2.36. The summed E-state index contributed by atoms with van der Waals surface area (Å²) in [6.45, 7) is 1.30. The minimum atomic E-state index is -0.298. The predicted octanol–water partition coefficient (Wildman–Crippen LogP) is 3.92. The lowest BCUT2D eigenvalue weighted by Gasteiger charge is -2.32. The van der Waals surface area contributed by atoms with Gasteiger partial charge in [0.2, 0.25) is 5.91 Å². The van der Waals surface area contributed by atoms with Gasteiger partial charge in [0.05, 0.1) is 37.5 Å². The van der Waals surface area contributed by atoms with Crippen molar-refractivity contribution >= 4 is 22.5 Å². The van der Waals surface area contributed by atoms with Crippen LogP contribution in [0.2, 0.25) is 0 Å². The number of halogens is 1. The molecule has 0 bridgehead atoms. The number of carbonyl (C=O) groups excluding carboxylic acids is 1. The third-order valence-electron chi connectivity index (χ3n) is 5.88. The van der Waals surface area contributed by atoms with Crippen molar-refractivity contribution in [3.05, 3.63) is 59.5 Å². The molecule has 31 heavy (non-hydrogen) atoms. The average molecular weight is 423 g/mol. The summed E-state index contributed by atoms with van der Waals surface area (Å²) in [5, 5.41) is 0.894. The molecule has 0 saturated carbocycles. The number of likely N-dealkylation sites (tertiary alicyclic amines) is 1. The lowest BCUT2D eigenvalue weighted by Crippen LogP contribution is -2.39. The number of benzene rings is 2. The van der Waals surface area contributed by atoms with Gasteiger partial charge < -0.3 is 20.1 Å². The molecule has 0 spiro atoms. The van der Waals surface area contributed by atoms with Gasteiger partial charge >= 0.3 is 0 Å². The van der Waals surface area contributed by atoms with Crippen molar-refractivity contribution in [2.75, 3.05) is 33.0 Å². The number of ether oxygens (including phenoxy) is 2. The van der Waals surface area contributed by atoms with E-state index in [9.17, 15) is 9.18 Å². The molecule has 4 rings (SSSR count).